The van der Waals surface area contributed by atoms with Gasteiger partial charge in [0.25, 0.3) is 0 Å². The fourth-order valence-corrected chi connectivity index (χ4v) is 3.52. The standard InChI is InChI=1S/C19H34O2Si/c1-8-19(20-5)15-12-14-17(19)13-10-9-11-16-21-22(6,7)18(2,3)4/h8,10,12-14,17H,1,9,11,15-16H2,2-7H3/b13-10+/t17-,19-/m1/s1. The highest BCUT2D eigenvalue weighted by Crippen LogP contribution is 2.37. The van der Waals surface area contributed by atoms with Crippen molar-refractivity contribution >= 4 is 8.32 Å². The number of rotatable bonds is 8. The van der Waals surface area contributed by atoms with E-state index in [1.165, 1.54) is 0 Å². The zero-order valence-corrected chi connectivity index (χ0v) is 16.3. The number of ether oxygens (including phenoxy) is 1. The number of allylic oxidation sites excluding steroid dienone is 1. The molecule has 0 saturated carbocycles. The fraction of sp³-hybridized carbons (Fsp3) is 0.684. The molecule has 0 N–H and O–H groups in total. The van der Waals surface area contributed by atoms with Crippen LogP contribution in [0.2, 0.25) is 18.1 Å². The van der Waals surface area contributed by atoms with Crippen LogP contribution < -0.4 is 0 Å². The van der Waals surface area contributed by atoms with Crippen molar-refractivity contribution in [3.05, 3.63) is 37.0 Å². The molecule has 2 nitrogen and oxygen atoms in total. The molecule has 0 aliphatic heterocycles. The first-order chi connectivity index (χ1) is 10.2. The van der Waals surface area contributed by atoms with Crippen LogP contribution in [0.5, 0.6) is 0 Å². The number of methoxy groups -OCH3 is 1. The molecule has 0 unspecified atom stereocenters. The maximum Gasteiger partial charge on any atom is 0.191 e. The number of hydrogen-bond acceptors (Lipinski definition) is 2. The van der Waals surface area contributed by atoms with Gasteiger partial charge in [0.05, 0.1) is 5.60 Å². The van der Waals surface area contributed by atoms with Crippen LogP contribution in [0.1, 0.15) is 40.0 Å². The molecule has 0 saturated heterocycles. The third kappa shape index (κ3) is 4.67. The maximum absolute atomic E-state index is 6.20. The molecule has 0 heterocycles. The summed E-state index contributed by atoms with van der Waals surface area (Å²) in [6.07, 6.45) is 13.9. The third-order valence-electron chi connectivity index (χ3n) is 5.20. The summed E-state index contributed by atoms with van der Waals surface area (Å²) in [6.45, 7) is 16.3. The Kier molecular flexibility index (Phi) is 6.84. The highest BCUT2D eigenvalue weighted by Gasteiger charge is 2.37. The Labute approximate surface area is 138 Å². The van der Waals surface area contributed by atoms with E-state index in [0.29, 0.717) is 11.0 Å². The van der Waals surface area contributed by atoms with Crippen LogP contribution in [0.4, 0.5) is 0 Å². The molecular formula is C19H34O2Si. The van der Waals surface area contributed by atoms with Gasteiger partial charge in [-0.1, -0.05) is 51.2 Å². The van der Waals surface area contributed by atoms with Crippen molar-refractivity contribution in [2.45, 2.75) is 63.8 Å². The minimum absolute atomic E-state index is 0.242. The van der Waals surface area contributed by atoms with Crippen LogP contribution >= 0.6 is 0 Å². The lowest BCUT2D eigenvalue weighted by Crippen LogP contribution is -2.40. The smallest absolute Gasteiger partial charge is 0.191 e. The minimum Gasteiger partial charge on any atom is -0.417 e. The Hall–Kier alpha value is -0.643. The zero-order valence-electron chi connectivity index (χ0n) is 15.3. The molecule has 0 radical (unpaired) electrons. The van der Waals surface area contributed by atoms with Gasteiger partial charge in [0, 0.05) is 19.6 Å². The SMILES string of the molecule is C=C[C@@]1(OC)CC=C[C@H]1/C=C/CCCO[Si](C)(C)C(C)(C)C. The van der Waals surface area contributed by atoms with Gasteiger partial charge in [-0.3, -0.25) is 0 Å². The molecule has 1 rings (SSSR count). The molecule has 22 heavy (non-hydrogen) atoms. The lowest BCUT2D eigenvalue weighted by Gasteiger charge is -2.36. The topological polar surface area (TPSA) is 18.5 Å². The zero-order chi connectivity index (χ0) is 16.9. The Balaban J connectivity index is 2.36. The molecule has 0 bridgehead atoms. The minimum atomic E-state index is -1.59. The van der Waals surface area contributed by atoms with Crippen LogP contribution in [0.15, 0.2) is 37.0 Å². The van der Waals surface area contributed by atoms with Crippen molar-refractivity contribution in [2.75, 3.05) is 13.7 Å². The number of hydrogen-bond donors (Lipinski definition) is 0. The van der Waals surface area contributed by atoms with Gasteiger partial charge in [-0.2, -0.15) is 0 Å². The van der Waals surface area contributed by atoms with Gasteiger partial charge in [-0.15, -0.1) is 6.58 Å². The van der Waals surface area contributed by atoms with E-state index in [2.05, 4.69) is 64.7 Å². The fourth-order valence-electron chi connectivity index (χ4n) is 2.43. The Morgan fingerprint density at radius 1 is 1.36 bits per heavy atom. The molecule has 3 heteroatoms. The highest BCUT2D eigenvalue weighted by molar-refractivity contribution is 6.74. The molecule has 0 amide bonds. The molecule has 0 aromatic heterocycles. The summed E-state index contributed by atoms with van der Waals surface area (Å²) in [5.41, 5.74) is -0.242. The van der Waals surface area contributed by atoms with Crippen LogP contribution in [-0.4, -0.2) is 27.6 Å². The van der Waals surface area contributed by atoms with Crippen LogP contribution in [-0.2, 0) is 9.16 Å². The van der Waals surface area contributed by atoms with Gasteiger partial charge in [-0.05, 0) is 37.4 Å². The van der Waals surface area contributed by atoms with E-state index in [4.69, 9.17) is 9.16 Å². The average molecular weight is 323 g/mol. The second-order valence-electron chi connectivity index (χ2n) is 7.70. The molecule has 0 aromatic rings. The summed E-state index contributed by atoms with van der Waals surface area (Å²) in [5, 5.41) is 0.291. The second-order valence-corrected chi connectivity index (χ2v) is 12.5. The second kappa shape index (κ2) is 7.76. The molecule has 0 aromatic carbocycles. The predicted octanol–water partition coefficient (Wildman–Crippen LogP) is 5.49. The lowest BCUT2D eigenvalue weighted by atomic mass is 9.89. The van der Waals surface area contributed by atoms with E-state index in [1.54, 1.807) is 7.11 Å². The molecule has 126 valence electrons. The third-order valence-corrected chi connectivity index (χ3v) is 9.74. The van der Waals surface area contributed by atoms with Gasteiger partial charge in [-0.25, -0.2) is 0 Å². The Morgan fingerprint density at radius 3 is 2.59 bits per heavy atom. The van der Waals surface area contributed by atoms with E-state index in [0.717, 1.165) is 25.9 Å². The van der Waals surface area contributed by atoms with Gasteiger partial charge in [0.15, 0.2) is 8.32 Å². The Bertz CT molecular complexity index is 418. The molecule has 2 atom stereocenters. The number of unbranched alkanes of at least 4 members (excludes halogenated alkanes) is 1. The van der Waals surface area contributed by atoms with Crippen molar-refractivity contribution in [3.63, 3.8) is 0 Å². The normalized spacial score (nSPS) is 26.0. The quantitative estimate of drug-likeness (QED) is 0.334. The van der Waals surface area contributed by atoms with E-state index in [1.807, 2.05) is 6.08 Å². The van der Waals surface area contributed by atoms with Gasteiger partial charge in [0.1, 0.15) is 0 Å². The summed E-state index contributed by atoms with van der Waals surface area (Å²) in [4.78, 5) is 0. The average Bonchev–Trinajstić information content (AvgIpc) is 2.84. The molecule has 1 aliphatic carbocycles. The van der Waals surface area contributed by atoms with Crippen molar-refractivity contribution < 1.29 is 9.16 Å². The largest absolute Gasteiger partial charge is 0.417 e. The van der Waals surface area contributed by atoms with E-state index in [-0.39, 0.29) is 5.60 Å². The molecule has 0 fully saturated rings. The summed E-state index contributed by atoms with van der Waals surface area (Å²) in [7, 11) is 0.173. The first-order valence-electron chi connectivity index (χ1n) is 8.34. The van der Waals surface area contributed by atoms with Gasteiger partial charge < -0.3 is 9.16 Å². The summed E-state index contributed by atoms with van der Waals surface area (Å²) >= 11 is 0. The predicted molar refractivity (Wildman–Crippen MR) is 98.7 cm³/mol. The first kappa shape index (κ1) is 19.4. The summed E-state index contributed by atoms with van der Waals surface area (Å²) in [6, 6.07) is 0. The van der Waals surface area contributed by atoms with Crippen molar-refractivity contribution in [1.82, 2.24) is 0 Å². The highest BCUT2D eigenvalue weighted by atomic mass is 28.4. The molecule has 1 aliphatic rings. The van der Waals surface area contributed by atoms with Gasteiger partial charge in [0.2, 0.25) is 0 Å². The molecular weight excluding hydrogens is 288 g/mol. The summed E-state index contributed by atoms with van der Waals surface area (Å²) in [5.74, 6) is 0.302. The van der Waals surface area contributed by atoms with Crippen molar-refractivity contribution in [3.8, 4) is 0 Å². The summed E-state index contributed by atoms with van der Waals surface area (Å²) < 4.78 is 11.9. The Morgan fingerprint density at radius 2 is 2.05 bits per heavy atom. The lowest BCUT2D eigenvalue weighted by molar-refractivity contribution is 0.0216. The monoisotopic (exact) mass is 322 g/mol. The van der Waals surface area contributed by atoms with E-state index < -0.39 is 8.32 Å². The van der Waals surface area contributed by atoms with Gasteiger partial charge >= 0.3 is 0 Å². The van der Waals surface area contributed by atoms with E-state index in [9.17, 15) is 0 Å². The maximum atomic E-state index is 6.20. The van der Waals surface area contributed by atoms with Crippen molar-refractivity contribution in [2.24, 2.45) is 5.92 Å². The van der Waals surface area contributed by atoms with Crippen LogP contribution in [0.3, 0.4) is 0 Å². The van der Waals surface area contributed by atoms with Crippen LogP contribution in [0.25, 0.3) is 0 Å². The van der Waals surface area contributed by atoms with E-state index >= 15 is 0 Å². The first-order valence-corrected chi connectivity index (χ1v) is 11.3. The van der Waals surface area contributed by atoms with Crippen molar-refractivity contribution in [1.29, 1.82) is 0 Å². The van der Waals surface area contributed by atoms with Crippen LogP contribution in [0, 0.1) is 5.92 Å². The molecule has 0 spiro atoms.